The van der Waals surface area contributed by atoms with Crippen LogP contribution in [0.4, 0.5) is 0 Å². The highest BCUT2D eigenvalue weighted by Gasteiger charge is 2.12. The van der Waals surface area contributed by atoms with E-state index in [4.69, 9.17) is 11.6 Å². The van der Waals surface area contributed by atoms with Crippen LogP contribution in [-0.4, -0.2) is 50.7 Å². The third kappa shape index (κ3) is 4.54. The fourth-order valence-corrected chi connectivity index (χ4v) is 3.93. The zero-order valence-corrected chi connectivity index (χ0v) is 15.8. The Balaban J connectivity index is 1.67. The van der Waals surface area contributed by atoms with Gasteiger partial charge in [0, 0.05) is 22.5 Å². The highest BCUT2D eigenvalue weighted by atomic mass is 35.5. The lowest BCUT2D eigenvalue weighted by atomic mass is 10.2. The number of tetrazole rings is 1. The Morgan fingerprint density at radius 1 is 1.25 bits per heavy atom. The van der Waals surface area contributed by atoms with E-state index >= 15 is 0 Å². The summed E-state index contributed by atoms with van der Waals surface area (Å²) in [6.45, 7) is 1.80. The Kier molecular flexibility index (Phi) is 5.83. The van der Waals surface area contributed by atoms with Crippen LogP contribution in [0.25, 0.3) is 11.3 Å². The monoisotopic (exact) mass is 380 g/mol. The van der Waals surface area contributed by atoms with Crippen molar-refractivity contribution in [2.24, 2.45) is 0 Å². The molecular formula is C15H17ClN6S2. The highest BCUT2D eigenvalue weighted by Crippen LogP contribution is 2.32. The molecule has 0 spiro atoms. The number of halogens is 1. The maximum atomic E-state index is 5.93. The molecule has 24 heavy (non-hydrogen) atoms. The Morgan fingerprint density at radius 3 is 2.79 bits per heavy atom. The zero-order chi connectivity index (χ0) is 16.9. The number of benzene rings is 1. The van der Waals surface area contributed by atoms with Crippen molar-refractivity contribution >= 4 is 34.7 Å². The summed E-state index contributed by atoms with van der Waals surface area (Å²) >= 11 is 9.01. The summed E-state index contributed by atoms with van der Waals surface area (Å²) in [5.74, 6) is 0. The van der Waals surface area contributed by atoms with E-state index in [1.54, 1.807) is 11.3 Å². The van der Waals surface area contributed by atoms with Gasteiger partial charge in [0.15, 0.2) is 4.34 Å². The van der Waals surface area contributed by atoms with E-state index in [2.05, 4.69) is 39.5 Å². The van der Waals surface area contributed by atoms with Crippen LogP contribution in [0.15, 0.2) is 39.1 Å². The molecule has 3 aromatic rings. The molecule has 0 aliphatic rings. The van der Waals surface area contributed by atoms with Crippen LogP contribution >= 0.6 is 34.7 Å². The highest BCUT2D eigenvalue weighted by molar-refractivity contribution is 8.00. The third-order valence-electron chi connectivity index (χ3n) is 3.28. The molecule has 0 unspecified atom stereocenters. The predicted molar refractivity (Wildman–Crippen MR) is 97.7 cm³/mol. The van der Waals surface area contributed by atoms with Gasteiger partial charge in [-0.15, -0.1) is 16.4 Å². The van der Waals surface area contributed by atoms with Crippen LogP contribution < -0.4 is 0 Å². The minimum absolute atomic E-state index is 0.723. The molecule has 0 aliphatic carbocycles. The van der Waals surface area contributed by atoms with Gasteiger partial charge in [0.2, 0.25) is 5.16 Å². The number of aromatic nitrogens is 5. The smallest absolute Gasteiger partial charge is 0.216 e. The largest absolute Gasteiger partial charge is 0.309 e. The van der Waals surface area contributed by atoms with Crippen LogP contribution in [-0.2, 0) is 6.54 Å². The average molecular weight is 381 g/mol. The Labute approximate surface area is 153 Å². The number of rotatable bonds is 7. The average Bonchev–Trinajstić information content (AvgIpc) is 3.18. The number of hydrogen-bond donors (Lipinski definition) is 0. The van der Waals surface area contributed by atoms with Crippen molar-refractivity contribution in [2.75, 3.05) is 20.6 Å². The molecule has 0 saturated heterocycles. The Morgan fingerprint density at radius 2 is 2.04 bits per heavy atom. The van der Waals surface area contributed by atoms with Crippen molar-refractivity contribution in [3.8, 4) is 11.3 Å². The fraction of sp³-hybridized carbons (Fsp3) is 0.333. The lowest BCUT2D eigenvalue weighted by Gasteiger charge is -2.08. The van der Waals surface area contributed by atoms with Crippen molar-refractivity contribution < 1.29 is 0 Å². The lowest BCUT2D eigenvalue weighted by Crippen LogP contribution is -2.15. The standard InChI is InChI=1S/C15H17ClN6S2/c1-21(2)8-3-9-22-14(18-19-20-22)24-15-17-13(10-23-15)11-4-6-12(16)7-5-11/h4-7,10H,3,8-9H2,1-2H3. The first-order valence-electron chi connectivity index (χ1n) is 7.42. The van der Waals surface area contributed by atoms with Gasteiger partial charge in [-0.3, -0.25) is 0 Å². The van der Waals surface area contributed by atoms with Gasteiger partial charge in [-0.05, 0) is 61.4 Å². The van der Waals surface area contributed by atoms with Crippen molar-refractivity contribution in [1.29, 1.82) is 0 Å². The lowest BCUT2D eigenvalue weighted by molar-refractivity contribution is 0.373. The summed E-state index contributed by atoms with van der Waals surface area (Å²) in [5.41, 5.74) is 1.99. The second-order valence-electron chi connectivity index (χ2n) is 5.45. The molecule has 6 nitrogen and oxygen atoms in total. The summed E-state index contributed by atoms with van der Waals surface area (Å²) < 4.78 is 2.75. The number of hydrogen-bond acceptors (Lipinski definition) is 7. The summed E-state index contributed by atoms with van der Waals surface area (Å²) in [7, 11) is 4.12. The van der Waals surface area contributed by atoms with Crippen molar-refractivity contribution in [1.82, 2.24) is 30.1 Å². The van der Waals surface area contributed by atoms with Crippen molar-refractivity contribution in [3.05, 3.63) is 34.7 Å². The van der Waals surface area contributed by atoms with Gasteiger partial charge in [-0.25, -0.2) is 9.67 Å². The molecule has 126 valence electrons. The molecule has 3 rings (SSSR count). The number of aryl methyl sites for hydroxylation is 1. The molecule has 0 bridgehead atoms. The van der Waals surface area contributed by atoms with E-state index < -0.39 is 0 Å². The summed E-state index contributed by atoms with van der Waals surface area (Å²) in [6.07, 6.45) is 0.999. The summed E-state index contributed by atoms with van der Waals surface area (Å²) in [5, 5.41) is 15.5. The van der Waals surface area contributed by atoms with Crippen LogP contribution in [0.3, 0.4) is 0 Å². The minimum atomic E-state index is 0.723. The fourth-order valence-electron chi connectivity index (χ4n) is 2.08. The van der Waals surface area contributed by atoms with E-state index in [1.165, 1.54) is 11.8 Å². The topological polar surface area (TPSA) is 59.7 Å². The molecule has 0 radical (unpaired) electrons. The normalized spacial score (nSPS) is 11.3. The SMILES string of the molecule is CN(C)CCCn1nnnc1Sc1nc(-c2ccc(Cl)cc2)cs1. The van der Waals surface area contributed by atoms with Gasteiger partial charge in [0.05, 0.1) is 5.69 Å². The maximum Gasteiger partial charge on any atom is 0.216 e. The van der Waals surface area contributed by atoms with Crippen LogP contribution in [0, 0.1) is 0 Å². The van der Waals surface area contributed by atoms with Crippen LogP contribution in [0.1, 0.15) is 6.42 Å². The van der Waals surface area contributed by atoms with E-state index in [9.17, 15) is 0 Å². The van der Waals surface area contributed by atoms with Gasteiger partial charge in [-0.1, -0.05) is 23.7 Å². The first-order valence-corrected chi connectivity index (χ1v) is 9.49. The first kappa shape index (κ1) is 17.3. The first-order chi connectivity index (χ1) is 11.6. The summed E-state index contributed by atoms with van der Waals surface area (Å²) in [4.78, 5) is 6.81. The molecule has 0 amide bonds. The van der Waals surface area contributed by atoms with E-state index in [1.807, 2.05) is 34.3 Å². The maximum absolute atomic E-state index is 5.93. The van der Waals surface area contributed by atoms with Gasteiger partial charge >= 0.3 is 0 Å². The molecule has 1 aromatic carbocycles. The quantitative estimate of drug-likeness (QED) is 0.624. The predicted octanol–water partition coefficient (Wildman–Crippen LogP) is 3.55. The molecule has 0 atom stereocenters. The van der Waals surface area contributed by atoms with Crippen molar-refractivity contribution in [2.45, 2.75) is 22.5 Å². The van der Waals surface area contributed by atoms with Crippen LogP contribution in [0.5, 0.6) is 0 Å². The van der Waals surface area contributed by atoms with Gasteiger partial charge < -0.3 is 4.90 Å². The van der Waals surface area contributed by atoms with Crippen LogP contribution in [0.2, 0.25) is 5.02 Å². The minimum Gasteiger partial charge on any atom is -0.309 e. The molecular weight excluding hydrogens is 364 g/mol. The van der Waals surface area contributed by atoms with E-state index in [0.29, 0.717) is 0 Å². The van der Waals surface area contributed by atoms with Gasteiger partial charge in [0.1, 0.15) is 0 Å². The van der Waals surface area contributed by atoms with Crippen molar-refractivity contribution in [3.63, 3.8) is 0 Å². The Hall–Kier alpha value is -1.48. The van der Waals surface area contributed by atoms with E-state index in [-0.39, 0.29) is 0 Å². The zero-order valence-electron chi connectivity index (χ0n) is 13.4. The molecule has 2 aromatic heterocycles. The number of thiazole rings is 1. The Bertz CT molecular complexity index is 783. The third-order valence-corrected chi connectivity index (χ3v) is 5.44. The van der Waals surface area contributed by atoms with Gasteiger partial charge in [0.25, 0.3) is 0 Å². The number of nitrogens with zero attached hydrogens (tertiary/aromatic N) is 6. The second kappa shape index (κ2) is 8.06. The van der Waals surface area contributed by atoms with Gasteiger partial charge in [-0.2, -0.15) is 0 Å². The second-order valence-corrected chi connectivity index (χ2v) is 7.96. The molecule has 0 aliphatic heterocycles. The summed E-state index contributed by atoms with van der Waals surface area (Å²) in [6, 6.07) is 7.68. The molecule has 0 saturated carbocycles. The van der Waals surface area contributed by atoms with E-state index in [0.717, 1.165) is 45.3 Å². The molecule has 0 N–H and O–H groups in total. The molecule has 2 heterocycles. The molecule has 0 fully saturated rings. The molecule has 9 heteroatoms.